The molecule has 1 saturated heterocycles. The molecule has 0 spiro atoms. The summed E-state index contributed by atoms with van der Waals surface area (Å²) in [4.78, 5) is 46.9. The molecule has 21 heavy (non-hydrogen) atoms. The molecule has 9 heteroatoms. The van der Waals surface area contributed by atoms with Crippen LogP contribution in [0.2, 0.25) is 0 Å². The maximum Gasteiger partial charge on any atom is 0.303 e. The molecule has 3 amide bonds. The average Bonchev–Trinajstić information content (AvgIpc) is 2.91. The lowest BCUT2D eigenvalue weighted by Gasteiger charge is -2.25. The first-order chi connectivity index (χ1) is 9.86. The maximum atomic E-state index is 12.1. The van der Waals surface area contributed by atoms with Crippen LogP contribution >= 0.6 is 0 Å². The van der Waals surface area contributed by atoms with Crippen molar-refractivity contribution in [3.05, 3.63) is 0 Å². The van der Waals surface area contributed by atoms with Crippen LogP contribution in [0, 0.1) is 0 Å². The number of carbonyl (C=O) groups excluding carboxylic acids is 3. The Hall–Kier alpha value is -2.16. The van der Waals surface area contributed by atoms with Crippen LogP contribution in [0.4, 0.5) is 0 Å². The molecule has 0 aliphatic carbocycles. The highest BCUT2D eigenvalue weighted by molar-refractivity contribution is 5.92. The van der Waals surface area contributed by atoms with Crippen LogP contribution in [0.1, 0.15) is 25.7 Å². The Morgan fingerprint density at radius 2 is 2.00 bits per heavy atom. The van der Waals surface area contributed by atoms with Gasteiger partial charge >= 0.3 is 5.97 Å². The minimum absolute atomic E-state index is 0.0893. The number of hydrogen-bond acceptors (Lipinski definition) is 5. The molecule has 0 aromatic carbocycles. The fraction of sp³-hybridized carbons (Fsp3) is 0.667. The van der Waals surface area contributed by atoms with Crippen molar-refractivity contribution in [2.75, 3.05) is 13.1 Å². The summed E-state index contributed by atoms with van der Waals surface area (Å²) < 4.78 is 0. The quantitative estimate of drug-likeness (QED) is 0.417. The zero-order valence-corrected chi connectivity index (χ0v) is 11.6. The predicted octanol–water partition coefficient (Wildman–Crippen LogP) is -2.23. The molecule has 1 rings (SSSR count). The molecule has 1 aliphatic rings. The maximum absolute atomic E-state index is 12.1. The molecular formula is C12H20N4O5. The van der Waals surface area contributed by atoms with Gasteiger partial charge in [0.15, 0.2) is 0 Å². The number of carboxylic acid groups (broad SMARTS) is 1. The monoisotopic (exact) mass is 300 g/mol. The standard InChI is InChI=1S/C12H20N4O5/c13-6-9(17)16-5-1-2-8(16)12(21)15-7(11(14)20)3-4-10(18)19/h7-8H,1-6,13H2,(H2,14,20)(H,15,21)(H,18,19)/t7-,8-/m0/s1. The van der Waals surface area contributed by atoms with Gasteiger partial charge in [0.1, 0.15) is 12.1 Å². The first-order valence-electron chi connectivity index (χ1n) is 6.67. The number of hydrogen-bond donors (Lipinski definition) is 4. The van der Waals surface area contributed by atoms with Crippen LogP contribution in [0.3, 0.4) is 0 Å². The molecule has 6 N–H and O–H groups in total. The van der Waals surface area contributed by atoms with E-state index in [2.05, 4.69) is 5.32 Å². The Balaban J connectivity index is 2.66. The molecule has 0 aromatic heterocycles. The van der Waals surface area contributed by atoms with Crippen molar-refractivity contribution in [1.29, 1.82) is 0 Å². The van der Waals surface area contributed by atoms with Gasteiger partial charge in [-0.3, -0.25) is 19.2 Å². The Labute approximate surface area is 121 Å². The van der Waals surface area contributed by atoms with E-state index in [-0.39, 0.29) is 25.3 Å². The molecule has 0 unspecified atom stereocenters. The van der Waals surface area contributed by atoms with Crippen molar-refractivity contribution in [3.8, 4) is 0 Å². The van der Waals surface area contributed by atoms with Crippen LogP contribution in [-0.4, -0.2) is 58.9 Å². The summed E-state index contributed by atoms with van der Waals surface area (Å²) in [7, 11) is 0. The molecule has 118 valence electrons. The minimum Gasteiger partial charge on any atom is -0.481 e. The van der Waals surface area contributed by atoms with E-state index in [1.165, 1.54) is 4.90 Å². The molecule has 0 aromatic rings. The Morgan fingerprint density at radius 3 is 2.52 bits per heavy atom. The van der Waals surface area contributed by atoms with E-state index in [1.807, 2.05) is 0 Å². The number of amides is 3. The molecular weight excluding hydrogens is 280 g/mol. The van der Waals surface area contributed by atoms with Crippen LogP contribution < -0.4 is 16.8 Å². The lowest BCUT2D eigenvalue weighted by atomic mass is 10.1. The molecule has 1 aliphatic heterocycles. The fourth-order valence-electron chi connectivity index (χ4n) is 2.28. The second-order valence-electron chi connectivity index (χ2n) is 4.85. The van der Waals surface area contributed by atoms with Crippen molar-refractivity contribution in [2.24, 2.45) is 11.5 Å². The van der Waals surface area contributed by atoms with E-state index in [0.29, 0.717) is 19.4 Å². The van der Waals surface area contributed by atoms with Gasteiger partial charge in [-0.2, -0.15) is 0 Å². The topological polar surface area (TPSA) is 156 Å². The van der Waals surface area contributed by atoms with Gasteiger partial charge in [-0.15, -0.1) is 0 Å². The number of nitrogens with two attached hydrogens (primary N) is 2. The van der Waals surface area contributed by atoms with E-state index in [4.69, 9.17) is 16.6 Å². The van der Waals surface area contributed by atoms with Gasteiger partial charge in [0.25, 0.3) is 0 Å². The first-order valence-corrected chi connectivity index (χ1v) is 6.67. The third-order valence-electron chi connectivity index (χ3n) is 3.36. The van der Waals surface area contributed by atoms with Crippen LogP contribution in [-0.2, 0) is 19.2 Å². The van der Waals surface area contributed by atoms with Crippen molar-refractivity contribution >= 4 is 23.7 Å². The van der Waals surface area contributed by atoms with Crippen LogP contribution in [0.25, 0.3) is 0 Å². The summed E-state index contributed by atoms with van der Waals surface area (Å²) in [5.74, 6) is -2.74. The number of nitrogens with zero attached hydrogens (tertiary/aromatic N) is 1. The van der Waals surface area contributed by atoms with Crippen molar-refractivity contribution in [1.82, 2.24) is 10.2 Å². The van der Waals surface area contributed by atoms with E-state index in [0.717, 1.165) is 0 Å². The van der Waals surface area contributed by atoms with Gasteiger partial charge in [0.05, 0.1) is 6.54 Å². The molecule has 1 fully saturated rings. The molecule has 1 heterocycles. The van der Waals surface area contributed by atoms with Gasteiger partial charge in [-0.1, -0.05) is 0 Å². The third-order valence-corrected chi connectivity index (χ3v) is 3.36. The number of rotatable bonds is 7. The first kappa shape index (κ1) is 16.9. The highest BCUT2D eigenvalue weighted by Crippen LogP contribution is 2.17. The Morgan fingerprint density at radius 1 is 1.33 bits per heavy atom. The second kappa shape index (κ2) is 7.58. The van der Waals surface area contributed by atoms with Gasteiger partial charge in [0, 0.05) is 13.0 Å². The minimum atomic E-state index is -1.09. The van der Waals surface area contributed by atoms with Gasteiger partial charge < -0.3 is 26.8 Å². The summed E-state index contributed by atoms with van der Waals surface area (Å²) in [6.07, 6.45) is 0.764. The zero-order valence-electron chi connectivity index (χ0n) is 11.6. The summed E-state index contributed by atoms with van der Waals surface area (Å²) in [6, 6.07) is -1.75. The highest BCUT2D eigenvalue weighted by atomic mass is 16.4. The van der Waals surface area contributed by atoms with Crippen LogP contribution in [0.5, 0.6) is 0 Å². The highest BCUT2D eigenvalue weighted by Gasteiger charge is 2.34. The molecule has 0 bridgehead atoms. The zero-order chi connectivity index (χ0) is 16.0. The molecule has 0 radical (unpaired) electrons. The third kappa shape index (κ3) is 4.71. The van der Waals surface area contributed by atoms with E-state index < -0.39 is 29.9 Å². The van der Waals surface area contributed by atoms with Crippen molar-refractivity contribution in [2.45, 2.75) is 37.8 Å². The Kier molecular flexibility index (Phi) is 6.10. The fourth-order valence-corrected chi connectivity index (χ4v) is 2.28. The lowest BCUT2D eigenvalue weighted by Crippen LogP contribution is -2.53. The smallest absolute Gasteiger partial charge is 0.303 e. The SMILES string of the molecule is NCC(=O)N1CCC[C@H]1C(=O)N[C@@H](CCC(=O)O)C(N)=O. The number of nitrogens with one attached hydrogen (secondary N) is 1. The molecule has 0 saturated carbocycles. The summed E-state index contributed by atoms with van der Waals surface area (Å²) >= 11 is 0. The normalized spacial score (nSPS) is 19.1. The largest absolute Gasteiger partial charge is 0.481 e. The number of primary amides is 1. The Bertz CT molecular complexity index is 439. The van der Waals surface area contributed by atoms with Crippen molar-refractivity contribution in [3.63, 3.8) is 0 Å². The van der Waals surface area contributed by atoms with E-state index in [1.54, 1.807) is 0 Å². The average molecular weight is 300 g/mol. The predicted molar refractivity (Wildman–Crippen MR) is 71.8 cm³/mol. The summed E-state index contributed by atoms with van der Waals surface area (Å²) in [5, 5.41) is 11.0. The van der Waals surface area contributed by atoms with Gasteiger partial charge in [-0.05, 0) is 19.3 Å². The van der Waals surface area contributed by atoms with Gasteiger partial charge in [-0.25, -0.2) is 0 Å². The molecule has 9 nitrogen and oxygen atoms in total. The number of aliphatic carboxylic acids is 1. The van der Waals surface area contributed by atoms with Crippen molar-refractivity contribution < 1.29 is 24.3 Å². The van der Waals surface area contributed by atoms with E-state index in [9.17, 15) is 19.2 Å². The van der Waals surface area contributed by atoms with Gasteiger partial charge in [0.2, 0.25) is 17.7 Å². The van der Waals surface area contributed by atoms with Crippen LogP contribution in [0.15, 0.2) is 0 Å². The summed E-state index contributed by atoms with van der Waals surface area (Å²) in [5.41, 5.74) is 10.4. The molecule has 2 atom stereocenters. The number of likely N-dealkylation sites (tertiary alicyclic amines) is 1. The second-order valence-corrected chi connectivity index (χ2v) is 4.85. The number of carbonyl (C=O) groups is 4. The van der Waals surface area contributed by atoms with E-state index >= 15 is 0 Å². The summed E-state index contributed by atoms with van der Waals surface area (Å²) in [6.45, 7) is 0.243. The lowest BCUT2D eigenvalue weighted by molar-refractivity contribution is -0.139. The number of carboxylic acids is 1.